The van der Waals surface area contributed by atoms with E-state index in [2.05, 4.69) is 11.2 Å². The summed E-state index contributed by atoms with van der Waals surface area (Å²) in [6.45, 7) is 2.15. The lowest BCUT2D eigenvalue weighted by atomic mass is 10.2. The minimum atomic E-state index is 0.567. The van der Waals surface area contributed by atoms with Gasteiger partial charge in [-0.1, -0.05) is 0 Å². The molecule has 58 valence electrons. The summed E-state index contributed by atoms with van der Waals surface area (Å²) in [6.07, 6.45) is 4.00. The lowest BCUT2D eigenvalue weighted by Gasteiger charge is -2.25. The van der Waals surface area contributed by atoms with E-state index >= 15 is 0 Å². The third-order valence-corrected chi connectivity index (χ3v) is 2.90. The van der Waals surface area contributed by atoms with Gasteiger partial charge >= 0.3 is 0 Å². The van der Waals surface area contributed by atoms with Gasteiger partial charge in [-0.2, -0.15) is 0 Å². The van der Waals surface area contributed by atoms with Crippen molar-refractivity contribution in [3.05, 3.63) is 0 Å². The van der Waals surface area contributed by atoms with Gasteiger partial charge in [0.2, 0.25) is 0 Å². The third kappa shape index (κ3) is 1.06. The molecule has 2 saturated heterocycles. The highest BCUT2D eigenvalue weighted by molar-refractivity contribution is 7.98. The van der Waals surface area contributed by atoms with E-state index in [1.165, 1.54) is 18.8 Å². The first kappa shape index (κ1) is 6.95. The second-order valence-corrected chi connectivity index (χ2v) is 3.87. The van der Waals surface area contributed by atoms with Crippen LogP contribution in [-0.2, 0) is 4.74 Å². The number of ether oxygens (including phenoxy) is 1. The van der Waals surface area contributed by atoms with Crippen molar-refractivity contribution in [2.24, 2.45) is 0 Å². The van der Waals surface area contributed by atoms with Crippen molar-refractivity contribution in [3.8, 4) is 0 Å². The molecule has 3 heteroatoms. The normalized spacial score (nSPS) is 39.3. The number of hydrogen-bond donors (Lipinski definition) is 0. The fourth-order valence-electron chi connectivity index (χ4n) is 1.80. The average Bonchev–Trinajstić information content (AvgIpc) is 2.48. The van der Waals surface area contributed by atoms with Gasteiger partial charge in [-0.05, 0) is 12.7 Å². The van der Waals surface area contributed by atoms with Gasteiger partial charge < -0.3 is 4.74 Å². The van der Waals surface area contributed by atoms with Crippen molar-refractivity contribution < 1.29 is 4.74 Å². The number of fused-ring (bicyclic) bond motifs is 2. The fourth-order valence-corrected chi connectivity index (χ4v) is 2.45. The Kier molecular flexibility index (Phi) is 1.89. The molecule has 0 aliphatic carbocycles. The largest absolute Gasteiger partial charge is 0.375 e. The second kappa shape index (κ2) is 2.72. The number of nitrogens with zero attached hydrogens (tertiary/aromatic N) is 1. The van der Waals surface area contributed by atoms with Crippen LogP contribution in [0.5, 0.6) is 0 Å². The molecule has 0 aromatic heterocycles. The SMILES string of the molecule is CSCN1CC2CC1CO2. The molecular formula is C7H13NOS. The first-order valence-corrected chi connectivity index (χ1v) is 5.14. The Balaban J connectivity index is 1.90. The molecule has 0 radical (unpaired) electrons. The molecule has 2 nitrogen and oxygen atoms in total. The van der Waals surface area contributed by atoms with Crippen molar-refractivity contribution in [1.82, 2.24) is 4.90 Å². The summed E-state index contributed by atoms with van der Waals surface area (Å²) in [7, 11) is 0. The molecule has 0 amide bonds. The summed E-state index contributed by atoms with van der Waals surface area (Å²) in [5.41, 5.74) is 0. The van der Waals surface area contributed by atoms with Crippen molar-refractivity contribution in [2.75, 3.05) is 25.3 Å². The van der Waals surface area contributed by atoms with Crippen molar-refractivity contribution >= 4 is 11.8 Å². The van der Waals surface area contributed by atoms with Gasteiger partial charge in [0.05, 0.1) is 12.7 Å². The smallest absolute Gasteiger partial charge is 0.0719 e. The molecule has 2 fully saturated rings. The summed E-state index contributed by atoms with van der Waals surface area (Å²) in [4.78, 5) is 2.53. The molecule has 0 saturated carbocycles. The lowest BCUT2D eigenvalue weighted by molar-refractivity contribution is 0.0390. The Morgan fingerprint density at radius 1 is 1.70 bits per heavy atom. The quantitative estimate of drug-likeness (QED) is 0.591. The number of rotatable bonds is 2. The van der Waals surface area contributed by atoms with E-state index in [0.29, 0.717) is 6.10 Å². The Hall–Kier alpha value is 0.270. The summed E-state index contributed by atoms with van der Waals surface area (Å²) in [5.74, 6) is 1.19. The molecule has 2 bridgehead atoms. The lowest BCUT2D eigenvalue weighted by Crippen LogP contribution is -2.36. The predicted octanol–water partition coefficient (Wildman–Crippen LogP) is 0.780. The minimum absolute atomic E-state index is 0.567. The Morgan fingerprint density at radius 3 is 3.10 bits per heavy atom. The molecule has 0 spiro atoms. The highest BCUT2D eigenvalue weighted by Gasteiger charge is 2.38. The second-order valence-electron chi connectivity index (χ2n) is 3.03. The van der Waals surface area contributed by atoms with Gasteiger partial charge in [0.1, 0.15) is 0 Å². The molecule has 2 rings (SSSR count). The van der Waals surface area contributed by atoms with Gasteiger partial charge in [-0.25, -0.2) is 0 Å². The van der Waals surface area contributed by atoms with Gasteiger partial charge in [0.25, 0.3) is 0 Å². The topological polar surface area (TPSA) is 12.5 Å². The van der Waals surface area contributed by atoms with E-state index in [0.717, 1.165) is 12.6 Å². The monoisotopic (exact) mass is 159 g/mol. The van der Waals surface area contributed by atoms with Gasteiger partial charge in [0.15, 0.2) is 0 Å². The van der Waals surface area contributed by atoms with Crippen LogP contribution in [0.25, 0.3) is 0 Å². The number of thioether (sulfide) groups is 1. The fraction of sp³-hybridized carbons (Fsp3) is 1.00. The maximum atomic E-state index is 5.48. The molecule has 2 unspecified atom stereocenters. The molecule has 2 heterocycles. The number of hydrogen-bond acceptors (Lipinski definition) is 3. The maximum absolute atomic E-state index is 5.48. The van der Waals surface area contributed by atoms with E-state index in [1.54, 1.807) is 0 Å². The predicted molar refractivity (Wildman–Crippen MR) is 43.2 cm³/mol. The van der Waals surface area contributed by atoms with Crippen molar-refractivity contribution in [1.29, 1.82) is 0 Å². The molecule has 2 atom stereocenters. The number of likely N-dealkylation sites (tertiary alicyclic amines) is 1. The van der Waals surface area contributed by atoms with Crippen LogP contribution in [0.2, 0.25) is 0 Å². The molecule has 0 aromatic carbocycles. The van der Waals surface area contributed by atoms with Gasteiger partial charge in [0, 0.05) is 18.5 Å². The molecule has 2 aliphatic heterocycles. The number of morpholine rings is 1. The third-order valence-electron chi connectivity index (χ3n) is 2.31. The highest BCUT2D eigenvalue weighted by Crippen LogP contribution is 2.28. The van der Waals surface area contributed by atoms with Crippen LogP contribution in [0.3, 0.4) is 0 Å². The van der Waals surface area contributed by atoms with E-state index in [1.807, 2.05) is 11.8 Å². The van der Waals surface area contributed by atoms with Crippen molar-refractivity contribution in [3.63, 3.8) is 0 Å². The van der Waals surface area contributed by atoms with Crippen LogP contribution >= 0.6 is 11.8 Å². The van der Waals surface area contributed by atoms with Crippen molar-refractivity contribution in [2.45, 2.75) is 18.6 Å². The standard InChI is InChI=1S/C7H13NOS/c1-10-5-8-3-7-2-6(8)4-9-7/h6-7H,2-5H2,1H3. The molecule has 0 N–H and O–H groups in total. The molecule has 2 aliphatic rings. The van der Waals surface area contributed by atoms with Crippen LogP contribution in [0.15, 0.2) is 0 Å². The first-order chi connectivity index (χ1) is 4.90. The molecular weight excluding hydrogens is 146 g/mol. The van der Waals surface area contributed by atoms with E-state index < -0.39 is 0 Å². The first-order valence-electron chi connectivity index (χ1n) is 3.74. The molecule has 10 heavy (non-hydrogen) atoms. The average molecular weight is 159 g/mol. The van der Waals surface area contributed by atoms with E-state index in [4.69, 9.17) is 4.74 Å². The summed E-state index contributed by atoms with van der Waals surface area (Å²) >= 11 is 1.91. The minimum Gasteiger partial charge on any atom is -0.375 e. The molecule has 0 aromatic rings. The summed E-state index contributed by atoms with van der Waals surface area (Å²) < 4.78 is 5.48. The summed E-state index contributed by atoms with van der Waals surface area (Å²) in [6, 6.07) is 0.748. The van der Waals surface area contributed by atoms with Crippen LogP contribution < -0.4 is 0 Å². The van der Waals surface area contributed by atoms with Gasteiger partial charge in [-0.3, -0.25) is 4.90 Å². The Morgan fingerprint density at radius 2 is 2.60 bits per heavy atom. The van der Waals surface area contributed by atoms with Crippen LogP contribution in [0.1, 0.15) is 6.42 Å². The van der Waals surface area contributed by atoms with Crippen LogP contribution in [0.4, 0.5) is 0 Å². The maximum Gasteiger partial charge on any atom is 0.0719 e. The van der Waals surface area contributed by atoms with Gasteiger partial charge in [-0.15, -0.1) is 11.8 Å². The summed E-state index contributed by atoms with van der Waals surface area (Å²) in [5, 5.41) is 0. The Labute approximate surface area is 65.9 Å². The zero-order chi connectivity index (χ0) is 6.97. The Bertz CT molecular complexity index is 131. The zero-order valence-electron chi connectivity index (χ0n) is 6.25. The van der Waals surface area contributed by atoms with E-state index in [9.17, 15) is 0 Å². The van der Waals surface area contributed by atoms with E-state index in [-0.39, 0.29) is 0 Å². The van der Waals surface area contributed by atoms with Crippen LogP contribution in [0, 0.1) is 0 Å². The highest BCUT2D eigenvalue weighted by atomic mass is 32.2. The van der Waals surface area contributed by atoms with Crippen LogP contribution in [-0.4, -0.2) is 42.3 Å². The zero-order valence-corrected chi connectivity index (χ0v) is 7.06.